The van der Waals surface area contributed by atoms with Crippen molar-refractivity contribution in [2.45, 2.75) is 26.1 Å². The van der Waals surface area contributed by atoms with Crippen molar-refractivity contribution in [1.82, 2.24) is 9.97 Å². The highest BCUT2D eigenvalue weighted by Crippen LogP contribution is 2.29. The normalized spacial score (nSPS) is 13.3. The van der Waals surface area contributed by atoms with Crippen LogP contribution < -0.4 is 0 Å². The highest BCUT2D eigenvalue weighted by Gasteiger charge is 2.14. The van der Waals surface area contributed by atoms with Crippen LogP contribution in [0, 0.1) is 0 Å². The molecular weight excluding hydrogens is 356 g/mol. The molecule has 29 heavy (non-hydrogen) atoms. The molecule has 0 aliphatic heterocycles. The van der Waals surface area contributed by atoms with Gasteiger partial charge in [0.2, 0.25) is 0 Å². The van der Waals surface area contributed by atoms with E-state index >= 15 is 0 Å². The fourth-order valence-corrected chi connectivity index (χ4v) is 3.50. The van der Waals surface area contributed by atoms with Gasteiger partial charge < -0.3 is 4.74 Å². The van der Waals surface area contributed by atoms with E-state index in [2.05, 4.69) is 85.5 Å². The molecule has 3 heteroatoms. The van der Waals surface area contributed by atoms with Crippen molar-refractivity contribution in [2.24, 2.45) is 0 Å². The number of fused-ring (bicyclic) bond motifs is 2. The minimum absolute atomic E-state index is 0.0632. The van der Waals surface area contributed by atoms with Crippen molar-refractivity contribution in [2.75, 3.05) is 0 Å². The fraction of sp³-hybridized carbons (Fsp3) is 0.154. The summed E-state index contributed by atoms with van der Waals surface area (Å²) in [6, 6.07) is 20.7. The SMILES string of the molecule is C=Cc1ccc2ccc([C@@H](C)O[C@H](C)c3ccc4ccc(C=C)nc4c3)cc2n1. The number of rotatable bonds is 6. The summed E-state index contributed by atoms with van der Waals surface area (Å²) in [5.74, 6) is 0. The van der Waals surface area contributed by atoms with Crippen LogP contribution in [0.1, 0.15) is 48.6 Å². The lowest BCUT2D eigenvalue weighted by molar-refractivity contribution is 0.00598. The van der Waals surface area contributed by atoms with Crippen molar-refractivity contribution in [3.05, 3.63) is 96.3 Å². The predicted molar refractivity (Wildman–Crippen MR) is 122 cm³/mol. The van der Waals surface area contributed by atoms with E-state index in [0.717, 1.165) is 44.3 Å². The lowest BCUT2D eigenvalue weighted by atomic mass is 10.0. The van der Waals surface area contributed by atoms with E-state index in [9.17, 15) is 0 Å². The first-order valence-corrected chi connectivity index (χ1v) is 9.79. The Morgan fingerprint density at radius 3 is 1.52 bits per heavy atom. The molecule has 0 fully saturated rings. The van der Waals surface area contributed by atoms with E-state index in [4.69, 9.17) is 4.74 Å². The molecule has 3 nitrogen and oxygen atoms in total. The summed E-state index contributed by atoms with van der Waals surface area (Å²) in [5, 5.41) is 2.22. The van der Waals surface area contributed by atoms with Gasteiger partial charge in [0.1, 0.15) is 0 Å². The van der Waals surface area contributed by atoms with Crippen LogP contribution in [-0.4, -0.2) is 9.97 Å². The highest BCUT2D eigenvalue weighted by molar-refractivity contribution is 5.81. The van der Waals surface area contributed by atoms with Gasteiger partial charge in [-0.2, -0.15) is 0 Å². The molecular formula is C26H24N2O. The molecule has 0 amide bonds. The van der Waals surface area contributed by atoms with Crippen molar-refractivity contribution in [3.63, 3.8) is 0 Å². The quantitative estimate of drug-likeness (QED) is 0.364. The van der Waals surface area contributed by atoms with Gasteiger partial charge in [0.25, 0.3) is 0 Å². The summed E-state index contributed by atoms with van der Waals surface area (Å²) in [7, 11) is 0. The minimum atomic E-state index is -0.0632. The maximum absolute atomic E-state index is 6.34. The average molecular weight is 380 g/mol. The smallest absolute Gasteiger partial charge is 0.0805 e. The van der Waals surface area contributed by atoms with Gasteiger partial charge in [0.05, 0.1) is 34.6 Å². The van der Waals surface area contributed by atoms with E-state index < -0.39 is 0 Å². The van der Waals surface area contributed by atoms with Gasteiger partial charge in [-0.15, -0.1) is 0 Å². The van der Waals surface area contributed by atoms with E-state index in [0.29, 0.717) is 0 Å². The molecule has 0 aliphatic rings. The molecule has 0 radical (unpaired) electrons. The van der Waals surface area contributed by atoms with E-state index in [1.54, 1.807) is 12.2 Å². The number of hydrogen-bond acceptors (Lipinski definition) is 3. The topological polar surface area (TPSA) is 35.0 Å². The summed E-state index contributed by atoms with van der Waals surface area (Å²) in [4.78, 5) is 9.27. The maximum Gasteiger partial charge on any atom is 0.0805 e. The van der Waals surface area contributed by atoms with Gasteiger partial charge in [-0.3, -0.25) is 0 Å². The van der Waals surface area contributed by atoms with Crippen molar-refractivity contribution >= 4 is 34.0 Å². The van der Waals surface area contributed by atoms with Crippen LogP contribution in [-0.2, 0) is 4.74 Å². The van der Waals surface area contributed by atoms with Gasteiger partial charge in [-0.25, -0.2) is 9.97 Å². The van der Waals surface area contributed by atoms with Crippen LogP contribution in [0.15, 0.2) is 73.8 Å². The molecule has 2 aromatic heterocycles. The zero-order valence-electron chi connectivity index (χ0n) is 16.8. The van der Waals surface area contributed by atoms with E-state index in [1.165, 1.54) is 0 Å². The van der Waals surface area contributed by atoms with Crippen molar-refractivity contribution < 1.29 is 4.74 Å². The third-order valence-corrected chi connectivity index (χ3v) is 5.24. The van der Waals surface area contributed by atoms with E-state index in [-0.39, 0.29) is 12.2 Å². The first kappa shape index (κ1) is 19.0. The minimum Gasteiger partial charge on any atom is -0.366 e. The second-order valence-corrected chi connectivity index (χ2v) is 7.21. The number of nitrogens with zero attached hydrogens (tertiary/aromatic N) is 2. The summed E-state index contributed by atoms with van der Waals surface area (Å²) >= 11 is 0. The standard InChI is InChI=1S/C26H24N2O/c1-5-23-13-11-19-7-9-21(15-25(19)27-23)17(3)29-18(4)22-10-8-20-12-14-24(6-2)28-26(20)16-22/h5-18H,1-2H2,3-4H3/t17-,18-/m1/s1. The maximum atomic E-state index is 6.34. The summed E-state index contributed by atoms with van der Waals surface area (Å²) in [5.41, 5.74) is 5.86. The number of hydrogen-bond donors (Lipinski definition) is 0. The molecule has 2 heterocycles. The summed E-state index contributed by atoms with van der Waals surface area (Å²) in [6.45, 7) is 11.8. The Hall–Kier alpha value is -3.30. The Labute approximate surface area is 171 Å². The zero-order chi connectivity index (χ0) is 20.4. The van der Waals surface area contributed by atoms with Crippen LogP contribution >= 0.6 is 0 Å². The van der Waals surface area contributed by atoms with Crippen LogP contribution in [0.3, 0.4) is 0 Å². The molecule has 0 bridgehead atoms. The molecule has 4 rings (SSSR count). The monoisotopic (exact) mass is 380 g/mol. The van der Waals surface area contributed by atoms with Crippen LogP contribution in [0.5, 0.6) is 0 Å². The lowest BCUT2D eigenvalue weighted by Gasteiger charge is -2.20. The van der Waals surface area contributed by atoms with Gasteiger partial charge in [0, 0.05) is 10.8 Å². The second-order valence-electron chi connectivity index (χ2n) is 7.21. The van der Waals surface area contributed by atoms with Crippen molar-refractivity contribution in [1.29, 1.82) is 0 Å². The number of pyridine rings is 2. The molecule has 2 atom stereocenters. The van der Waals surface area contributed by atoms with Gasteiger partial charge in [-0.1, -0.05) is 49.6 Å². The first-order valence-electron chi connectivity index (χ1n) is 9.79. The lowest BCUT2D eigenvalue weighted by Crippen LogP contribution is -2.05. The Kier molecular flexibility index (Phi) is 5.24. The first-order chi connectivity index (χ1) is 14.1. The molecule has 0 unspecified atom stereocenters. The largest absolute Gasteiger partial charge is 0.366 e. The summed E-state index contributed by atoms with van der Waals surface area (Å²) in [6.07, 6.45) is 3.40. The molecule has 2 aromatic carbocycles. The Morgan fingerprint density at radius 2 is 1.10 bits per heavy atom. The van der Waals surface area contributed by atoms with E-state index in [1.807, 2.05) is 12.1 Å². The molecule has 0 aliphatic carbocycles. The van der Waals surface area contributed by atoms with Crippen LogP contribution in [0.4, 0.5) is 0 Å². The Morgan fingerprint density at radius 1 is 0.690 bits per heavy atom. The number of benzene rings is 2. The third-order valence-electron chi connectivity index (χ3n) is 5.24. The molecule has 0 N–H and O–H groups in total. The zero-order valence-corrected chi connectivity index (χ0v) is 16.8. The second kappa shape index (κ2) is 7.98. The fourth-order valence-electron chi connectivity index (χ4n) is 3.50. The number of aromatic nitrogens is 2. The van der Waals surface area contributed by atoms with Gasteiger partial charge in [-0.05, 0) is 61.4 Å². The Balaban J connectivity index is 1.58. The van der Waals surface area contributed by atoms with Gasteiger partial charge in [0.15, 0.2) is 0 Å². The van der Waals surface area contributed by atoms with Crippen LogP contribution in [0.25, 0.3) is 34.0 Å². The average Bonchev–Trinajstić information content (AvgIpc) is 2.77. The molecule has 4 aromatic rings. The van der Waals surface area contributed by atoms with Crippen LogP contribution in [0.2, 0.25) is 0 Å². The summed E-state index contributed by atoms with van der Waals surface area (Å²) < 4.78 is 6.34. The van der Waals surface area contributed by atoms with Gasteiger partial charge >= 0.3 is 0 Å². The molecule has 0 spiro atoms. The highest BCUT2D eigenvalue weighted by atomic mass is 16.5. The molecule has 144 valence electrons. The molecule has 0 saturated carbocycles. The molecule has 0 saturated heterocycles. The predicted octanol–water partition coefficient (Wildman–Crippen LogP) is 6.91. The van der Waals surface area contributed by atoms with Crippen molar-refractivity contribution in [3.8, 4) is 0 Å². The Bertz CT molecular complexity index is 1120. The third kappa shape index (κ3) is 3.96. The number of ether oxygens (including phenoxy) is 1.